The van der Waals surface area contributed by atoms with Gasteiger partial charge in [0, 0.05) is 13.1 Å². The van der Waals surface area contributed by atoms with Gasteiger partial charge >= 0.3 is 10.2 Å². The highest BCUT2D eigenvalue weighted by molar-refractivity contribution is 7.90. The molecular weight excluding hydrogens is 408 g/mol. The van der Waals surface area contributed by atoms with Gasteiger partial charge < -0.3 is 5.32 Å². The Labute approximate surface area is 168 Å². The lowest BCUT2D eigenvalue weighted by Crippen LogP contribution is -2.41. The third-order valence-corrected chi connectivity index (χ3v) is 6.64. The Hall–Kier alpha value is -1.90. The Kier molecular flexibility index (Phi) is 6.12. The van der Waals surface area contributed by atoms with Crippen LogP contribution < -0.4 is 10.0 Å². The fourth-order valence-corrected chi connectivity index (χ4v) is 4.59. The monoisotopic (exact) mass is 429 g/mol. The largest absolute Gasteiger partial charge is 0.350 e. The molecule has 1 aliphatic heterocycles. The van der Waals surface area contributed by atoms with Gasteiger partial charge in [-0.3, -0.25) is 4.72 Å². The lowest BCUT2D eigenvalue weighted by atomic mass is 10.0. The summed E-state index contributed by atoms with van der Waals surface area (Å²) in [6.45, 7) is 4.68. The van der Waals surface area contributed by atoms with Gasteiger partial charge in [-0.05, 0) is 55.5 Å². The van der Waals surface area contributed by atoms with Gasteiger partial charge in [-0.2, -0.15) is 12.7 Å². The predicted molar refractivity (Wildman–Crippen MR) is 108 cm³/mol. The first-order chi connectivity index (χ1) is 13.2. The highest BCUT2D eigenvalue weighted by Gasteiger charge is 2.28. The van der Waals surface area contributed by atoms with Gasteiger partial charge in [-0.1, -0.05) is 24.6 Å². The lowest BCUT2D eigenvalue weighted by molar-refractivity contribution is 0.289. The van der Waals surface area contributed by atoms with Crippen LogP contribution in [0.15, 0.2) is 30.3 Å². The second-order valence-electron chi connectivity index (χ2n) is 7.08. The number of piperidine rings is 1. The summed E-state index contributed by atoms with van der Waals surface area (Å²) in [6.07, 6.45) is 1.51. The van der Waals surface area contributed by atoms with Crippen LogP contribution in [0.1, 0.15) is 25.3 Å². The van der Waals surface area contributed by atoms with Crippen molar-refractivity contribution in [1.29, 1.82) is 0 Å². The number of benzene rings is 2. The van der Waals surface area contributed by atoms with Crippen molar-refractivity contribution < 1.29 is 17.2 Å². The van der Waals surface area contributed by atoms with Gasteiger partial charge in [0.25, 0.3) is 0 Å². The van der Waals surface area contributed by atoms with Gasteiger partial charge in [-0.15, -0.1) is 0 Å². The van der Waals surface area contributed by atoms with Crippen LogP contribution in [0, 0.1) is 24.5 Å². The van der Waals surface area contributed by atoms with Crippen LogP contribution in [0.25, 0.3) is 0 Å². The second-order valence-corrected chi connectivity index (χ2v) is 9.16. The van der Waals surface area contributed by atoms with Gasteiger partial charge in [0.15, 0.2) is 11.6 Å². The molecule has 9 heteroatoms. The first-order valence-electron chi connectivity index (χ1n) is 8.96. The van der Waals surface area contributed by atoms with E-state index < -0.39 is 21.8 Å². The molecule has 5 nitrogen and oxygen atoms in total. The molecule has 1 fully saturated rings. The molecule has 0 aliphatic carbocycles. The number of halogens is 3. The molecule has 0 aromatic heterocycles. The van der Waals surface area contributed by atoms with Crippen LogP contribution in [-0.2, 0) is 10.2 Å². The average molecular weight is 430 g/mol. The third-order valence-electron chi connectivity index (χ3n) is 4.80. The van der Waals surface area contributed by atoms with Crippen molar-refractivity contribution in [2.45, 2.75) is 26.7 Å². The van der Waals surface area contributed by atoms with Crippen LogP contribution >= 0.6 is 11.6 Å². The molecule has 0 amide bonds. The molecule has 0 saturated carbocycles. The molecule has 0 atom stereocenters. The smallest absolute Gasteiger partial charge is 0.301 e. The molecule has 152 valence electrons. The maximum Gasteiger partial charge on any atom is 0.301 e. The predicted octanol–water partition coefficient (Wildman–Crippen LogP) is 5.06. The van der Waals surface area contributed by atoms with Crippen LogP contribution in [0.2, 0.25) is 5.02 Å². The van der Waals surface area contributed by atoms with Crippen molar-refractivity contribution in [3.8, 4) is 0 Å². The van der Waals surface area contributed by atoms with Crippen molar-refractivity contribution in [2.75, 3.05) is 23.1 Å². The second kappa shape index (κ2) is 8.23. The van der Waals surface area contributed by atoms with Crippen LogP contribution in [-0.4, -0.2) is 25.8 Å². The summed E-state index contributed by atoms with van der Waals surface area (Å²) >= 11 is 6.17. The van der Waals surface area contributed by atoms with Crippen molar-refractivity contribution in [1.82, 2.24) is 4.31 Å². The van der Waals surface area contributed by atoms with Gasteiger partial charge in [-0.25, -0.2) is 8.78 Å². The summed E-state index contributed by atoms with van der Waals surface area (Å²) < 4.78 is 57.5. The van der Waals surface area contributed by atoms with E-state index in [2.05, 4.69) is 17.0 Å². The standard InChI is InChI=1S/C19H22ClF2N3O2S/c1-12-7-9-25(10-8-12)28(26,27)24-17-6-4-15(21)18(22)19(17)23-16-5-3-13(2)11-14(16)20/h3-6,11-12,23-24H,7-10H2,1-2H3. The van der Waals surface area contributed by atoms with E-state index in [-0.39, 0.29) is 11.4 Å². The quantitative estimate of drug-likeness (QED) is 0.698. The van der Waals surface area contributed by atoms with Crippen LogP contribution in [0.5, 0.6) is 0 Å². The molecular formula is C19H22ClF2N3O2S. The summed E-state index contributed by atoms with van der Waals surface area (Å²) in [5, 5.41) is 3.03. The zero-order valence-corrected chi connectivity index (χ0v) is 17.2. The van der Waals surface area contributed by atoms with Crippen LogP contribution in [0.4, 0.5) is 25.8 Å². The number of anilines is 3. The van der Waals surface area contributed by atoms with E-state index in [4.69, 9.17) is 11.6 Å². The minimum Gasteiger partial charge on any atom is -0.350 e. The summed E-state index contributed by atoms with van der Waals surface area (Å²) in [5.74, 6) is -1.83. The molecule has 1 saturated heterocycles. The molecule has 2 aromatic rings. The Morgan fingerprint density at radius 3 is 2.39 bits per heavy atom. The first kappa shape index (κ1) is 20.8. The van der Waals surface area contributed by atoms with Crippen molar-refractivity contribution in [3.05, 3.63) is 52.6 Å². The Morgan fingerprint density at radius 2 is 1.75 bits per heavy atom. The lowest BCUT2D eigenvalue weighted by Gasteiger charge is -2.30. The van der Waals surface area contributed by atoms with E-state index in [9.17, 15) is 17.2 Å². The van der Waals surface area contributed by atoms with E-state index in [0.29, 0.717) is 29.7 Å². The summed E-state index contributed by atoms with van der Waals surface area (Å²) in [4.78, 5) is 0. The van der Waals surface area contributed by atoms with E-state index in [1.54, 1.807) is 18.2 Å². The zero-order chi connectivity index (χ0) is 20.5. The molecule has 1 aliphatic rings. The third kappa shape index (κ3) is 4.56. The summed E-state index contributed by atoms with van der Waals surface area (Å²) in [6, 6.07) is 7.11. The van der Waals surface area contributed by atoms with Gasteiger partial charge in [0.1, 0.15) is 5.69 Å². The highest BCUT2D eigenvalue weighted by atomic mass is 35.5. The van der Waals surface area contributed by atoms with Gasteiger partial charge in [0.2, 0.25) is 0 Å². The van der Waals surface area contributed by atoms with E-state index in [0.717, 1.165) is 24.5 Å². The molecule has 2 N–H and O–H groups in total. The molecule has 0 bridgehead atoms. The Bertz CT molecular complexity index is 977. The Morgan fingerprint density at radius 1 is 1.11 bits per heavy atom. The van der Waals surface area contributed by atoms with Crippen molar-refractivity contribution in [2.24, 2.45) is 5.92 Å². The molecule has 0 radical (unpaired) electrons. The number of aryl methyl sites for hydroxylation is 1. The van der Waals surface area contributed by atoms with E-state index in [1.165, 1.54) is 10.4 Å². The zero-order valence-electron chi connectivity index (χ0n) is 15.6. The minimum absolute atomic E-state index is 0.0887. The van der Waals surface area contributed by atoms with Crippen molar-refractivity contribution >= 4 is 38.9 Å². The normalized spacial score (nSPS) is 16.2. The topological polar surface area (TPSA) is 61.4 Å². The fourth-order valence-electron chi connectivity index (χ4n) is 3.04. The molecule has 28 heavy (non-hydrogen) atoms. The number of hydrogen-bond acceptors (Lipinski definition) is 3. The number of nitrogens with one attached hydrogen (secondary N) is 2. The van der Waals surface area contributed by atoms with E-state index in [1.807, 2.05) is 6.92 Å². The van der Waals surface area contributed by atoms with Crippen LogP contribution in [0.3, 0.4) is 0 Å². The maximum absolute atomic E-state index is 14.5. The molecule has 1 heterocycles. The summed E-state index contributed by atoms with van der Waals surface area (Å²) in [7, 11) is -3.90. The van der Waals surface area contributed by atoms with E-state index >= 15 is 0 Å². The SMILES string of the molecule is Cc1ccc(Nc2c(NS(=O)(=O)N3CCC(C)CC3)ccc(F)c2F)c(Cl)c1. The number of rotatable bonds is 5. The molecule has 0 spiro atoms. The van der Waals surface area contributed by atoms with Gasteiger partial charge in [0.05, 0.1) is 16.4 Å². The summed E-state index contributed by atoms with van der Waals surface area (Å²) in [5.41, 5.74) is 0.827. The minimum atomic E-state index is -3.90. The molecule has 2 aromatic carbocycles. The maximum atomic E-state index is 14.5. The fraction of sp³-hybridized carbons (Fsp3) is 0.368. The number of hydrogen-bond donors (Lipinski definition) is 2. The molecule has 3 rings (SSSR count). The highest BCUT2D eigenvalue weighted by Crippen LogP contribution is 2.34. The number of nitrogens with zero attached hydrogens (tertiary/aromatic N) is 1. The average Bonchev–Trinajstić information content (AvgIpc) is 2.63. The van der Waals surface area contributed by atoms with Crippen molar-refractivity contribution in [3.63, 3.8) is 0 Å². The Balaban J connectivity index is 1.92. The first-order valence-corrected chi connectivity index (χ1v) is 10.8. The molecule has 0 unspecified atom stereocenters.